The monoisotopic (exact) mass is 690 g/mol. The second-order valence-corrected chi connectivity index (χ2v) is 12.6. The van der Waals surface area contributed by atoms with Crippen LogP contribution in [0.3, 0.4) is 0 Å². The van der Waals surface area contributed by atoms with E-state index in [9.17, 15) is 14.7 Å². The third-order valence-corrected chi connectivity index (χ3v) is 9.10. The van der Waals surface area contributed by atoms with Gasteiger partial charge in [-0.05, 0) is 31.5 Å². The van der Waals surface area contributed by atoms with Gasteiger partial charge in [-0.1, -0.05) is 47.5 Å². The first kappa shape index (κ1) is 33.6. The number of halogens is 2. The van der Waals surface area contributed by atoms with Crippen molar-refractivity contribution in [3.05, 3.63) is 86.6 Å². The summed E-state index contributed by atoms with van der Waals surface area (Å²) >= 11 is 14.1. The molecule has 0 saturated carbocycles. The third-order valence-electron chi connectivity index (χ3n) is 8.31. The van der Waals surface area contributed by atoms with Gasteiger partial charge in [-0.3, -0.25) is 19.1 Å². The molecule has 0 spiro atoms. The SMILES string of the molecule is COc1nc(-c2cccc(-c3ccnc(-c4cc5c(=O)n(C)c(CNCC(C)O)nn5c4)c3Cl)c2Cl)ccc1CNCC1CCC(=O)N1. The number of carbonyl (C=O) groups is 1. The highest BCUT2D eigenvalue weighted by atomic mass is 35.5. The molecule has 12 nitrogen and oxygen atoms in total. The van der Waals surface area contributed by atoms with Gasteiger partial charge in [-0.2, -0.15) is 5.10 Å². The first-order chi connectivity index (χ1) is 23.1. The van der Waals surface area contributed by atoms with Crippen molar-refractivity contribution in [1.82, 2.24) is 40.1 Å². The van der Waals surface area contributed by atoms with E-state index in [2.05, 4.69) is 26.0 Å². The molecule has 1 aliphatic heterocycles. The Labute approximate surface area is 287 Å². The molecule has 1 amide bonds. The number of methoxy groups -OCH3 is 1. The quantitative estimate of drug-likeness (QED) is 0.153. The zero-order valence-corrected chi connectivity index (χ0v) is 28.3. The molecule has 5 aromatic rings. The number of nitrogens with zero attached hydrogens (tertiary/aromatic N) is 5. The molecular formula is C34H36Cl2N8O4. The maximum atomic E-state index is 13.2. The van der Waals surface area contributed by atoms with E-state index in [1.54, 1.807) is 45.6 Å². The van der Waals surface area contributed by atoms with Crippen LogP contribution in [0.15, 0.2) is 59.7 Å². The number of hydrogen-bond donors (Lipinski definition) is 4. The number of hydrogen-bond acceptors (Lipinski definition) is 9. The average Bonchev–Trinajstić information content (AvgIpc) is 3.69. The molecule has 1 fully saturated rings. The summed E-state index contributed by atoms with van der Waals surface area (Å²) in [6.07, 6.45) is 4.24. The van der Waals surface area contributed by atoms with Gasteiger partial charge < -0.3 is 25.8 Å². The molecule has 2 atom stereocenters. The van der Waals surface area contributed by atoms with Crippen molar-refractivity contribution < 1.29 is 14.6 Å². The van der Waals surface area contributed by atoms with E-state index in [4.69, 9.17) is 32.9 Å². The largest absolute Gasteiger partial charge is 0.481 e. The van der Waals surface area contributed by atoms with Gasteiger partial charge in [-0.25, -0.2) is 9.50 Å². The highest BCUT2D eigenvalue weighted by Crippen LogP contribution is 2.41. The number of aliphatic hydroxyl groups excluding tert-OH is 1. The summed E-state index contributed by atoms with van der Waals surface area (Å²) < 4.78 is 8.63. The molecule has 0 radical (unpaired) electrons. The number of ether oxygens (including phenoxy) is 1. The molecule has 1 aromatic carbocycles. The topological polar surface area (TPSA) is 148 Å². The van der Waals surface area contributed by atoms with Gasteiger partial charge in [0.2, 0.25) is 11.8 Å². The van der Waals surface area contributed by atoms with Gasteiger partial charge in [0, 0.05) is 79.4 Å². The van der Waals surface area contributed by atoms with Crippen molar-refractivity contribution in [2.75, 3.05) is 20.2 Å². The number of amides is 1. The Morgan fingerprint density at radius 2 is 1.88 bits per heavy atom. The lowest BCUT2D eigenvalue weighted by Crippen LogP contribution is -2.35. The fraction of sp³-hybridized carbons (Fsp3) is 0.324. The minimum atomic E-state index is -0.523. The molecular weight excluding hydrogens is 655 g/mol. The van der Waals surface area contributed by atoms with Crippen molar-refractivity contribution in [2.24, 2.45) is 7.05 Å². The number of benzene rings is 1. The van der Waals surface area contributed by atoms with Crippen LogP contribution >= 0.6 is 23.2 Å². The fourth-order valence-electron chi connectivity index (χ4n) is 5.78. The predicted molar refractivity (Wildman–Crippen MR) is 185 cm³/mol. The van der Waals surface area contributed by atoms with E-state index in [1.165, 1.54) is 9.08 Å². The highest BCUT2D eigenvalue weighted by molar-refractivity contribution is 6.39. The standard InChI is InChI=1S/C34H36Cl2N8O4/c1-19(45)14-37-17-28-42-44-18-21(13-27(44)34(47)43(28)2)32-31(36)24(11-12-39-32)23-5-4-6-25(30(23)35)26-9-7-20(33(41-26)48-3)15-38-16-22-8-10-29(46)40-22/h4-7,9,11-13,18-19,22,37-38,45H,8,10,14-17H2,1-3H3,(H,40,46). The van der Waals surface area contributed by atoms with Gasteiger partial charge in [-0.15, -0.1) is 0 Å². The van der Waals surface area contributed by atoms with Crippen LogP contribution < -0.4 is 26.2 Å². The summed E-state index contributed by atoms with van der Waals surface area (Å²) in [4.78, 5) is 34.0. The van der Waals surface area contributed by atoms with Crippen LogP contribution in [0.4, 0.5) is 0 Å². The summed E-state index contributed by atoms with van der Waals surface area (Å²) in [5.41, 5.74) is 4.83. The van der Waals surface area contributed by atoms with E-state index >= 15 is 0 Å². The van der Waals surface area contributed by atoms with Gasteiger partial charge in [0.1, 0.15) is 11.3 Å². The molecule has 4 N–H and O–H groups in total. The zero-order chi connectivity index (χ0) is 33.9. The highest BCUT2D eigenvalue weighted by Gasteiger charge is 2.21. The van der Waals surface area contributed by atoms with Crippen LogP contribution in [0, 0.1) is 0 Å². The molecule has 250 valence electrons. The Morgan fingerprint density at radius 3 is 2.62 bits per heavy atom. The van der Waals surface area contributed by atoms with E-state index in [0.29, 0.717) is 93.5 Å². The minimum Gasteiger partial charge on any atom is -0.481 e. The third kappa shape index (κ3) is 6.94. The van der Waals surface area contributed by atoms with Crippen LogP contribution in [-0.2, 0) is 24.9 Å². The maximum Gasteiger partial charge on any atom is 0.277 e. The van der Waals surface area contributed by atoms with Crippen molar-refractivity contribution in [3.63, 3.8) is 0 Å². The van der Waals surface area contributed by atoms with E-state index < -0.39 is 6.10 Å². The van der Waals surface area contributed by atoms with Crippen LogP contribution in [0.5, 0.6) is 5.88 Å². The minimum absolute atomic E-state index is 0.0876. The second-order valence-electron chi connectivity index (χ2n) is 11.8. The second kappa shape index (κ2) is 14.4. The average molecular weight is 692 g/mol. The maximum absolute atomic E-state index is 13.2. The van der Waals surface area contributed by atoms with E-state index in [1.807, 2.05) is 30.3 Å². The van der Waals surface area contributed by atoms with Crippen molar-refractivity contribution in [1.29, 1.82) is 0 Å². The molecule has 48 heavy (non-hydrogen) atoms. The van der Waals surface area contributed by atoms with Crippen LogP contribution in [0.25, 0.3) is 39.2 Å². The molecule has 6 rings (SSSR count). The van der Waals surface area contributed by atoms with Crippen molar-refractivity contribution >= 4 is 34.6 Å². The number of fused-ring (bicyclic) bond motifs is 1. The van der Waals surface area contributed by atoms with Crippen LogP contribution in [0.2, 0.25) is 10.0 Å². The number of carbonyl (C=O) groups excluding carboxylic acids is 1. The number of rotatable bonds is 12. The Morgan fingerprint density at radius 1 is 1.08 bits per heavy atom. The van der Waals surface area contributed by atoms with Gasteiger partial charge >= 0.3 is 0 Å². The molecule has 5 heterocycles. The molecule has 14 heteroatoms. The summed E-state index contributed by atoms with van der Waals surface area (Å²) in [6, 6.07) is 13.2. The Bertz CT molecular complexity index is 2040. The summed E-state index contributed by atoms with van der Waals surface area (Å²) in [5.74, 6) is 1.08. The summed E-state index contributed by atoms with van der Waals surface area (Å²) in [5, 5.41) is 24.4. The number of aliphatic hydroxyl groups is 1. The number of aromatic nitrogens is 5. The van der Waals surface area contributed by atoms with Gasteiger partial charge in [0.05, 0.1) is 41.2 Å². The number of pyridine rings is 2. The Kier molecular flexibility index (Phi) is 10.1. The lowest BCUT2D eigenvalue weighted by atomic mass is 10.00. The van der Waals surface area contributed by atoms with Crippen molar-refractivity contribution in [2.45, 2.75) is 45.0 Å². The van der Waals surface area contributed by atoms with Crippen molar-refractivity contribution in [3.8, 4) is 39.5 Å². The molecule has 1 aliphatic rings. The lowest BCUT2D eigenvalue weighted by Gasteiger charge is -2.15. The smallest absolute Gasteiger partial charge is 0.277 e. The predicted octanol–water partition coefficient (Wildman–Crippen LogP) is 3.98. The Balaban J connectivity index is 1.28. The zero-order valence-electron chi connectivity index (χ0n) is 26.8. The first-order valence-electron chi connectivity index (χ1n) is 15.6. The van der Waals surface area contributed by atoms with Gasteiger partial charge in [0.15, 0.2) is 0 Å². The first-order valence-corrected chi connectivity index (χ1v) is 16.3. The Hall–Kier alpha value is -4.33. The lowest BCUT2D eigenvalue weighted by molar-refractivity contribution is -0.119. The molecule has 1 saturated heterocycles. The normalized spacial score (nSPS) is 15.2. The molecule has 0 aliphatic carbocycles. The fourth-order valence-corrected chi connectivity index (χ4v) is 6.43. The van der Waals surface area contributed by atoms with Crippen LogP contribution in [-0.4, -0.2) is 67.5 Å². The van der Waals surface area contributed by atoms with E-state index in [0.717, 1.165) is 12.0 Å². The number of nitrogens with one attached hydrogen (secondary N) is 3. The summed E-state index contributed by atoms with van der Waals surface area (Å²) in [6.45, 7) is 3.56. The van der Waals surface area contributed by atoms with Gasteiger partial charge in [0.25, 0.3) is 5.56 Å². The molecule has 2 unspecified atom stereocenters. The molecule has 4 aromatic heterocycles. The van der Waals surface area contributed by atoms with E-state index in [-0.39, 0.29) is 17.5 Å². The molecule has 0 bridgehead atoms. The summed E-state index contributed by atoms with van der Waals surface area (Å²) in [7, 11) is 3.24. The van der Waals surface area contributed by atoms with Crippen LogP contribution in [0.1, 0.15) is 31.2 Å².